The van der Waals surface area contributed by atoms with Gasteiger partial charge >= 0.3 is 0 Å². The second-order valence-electron chi connectivity index (χ2n) is 6.04. The number of hydrogen-bond donors (Lipinski definition) is 1. The lowest BCUT2D eigenvalue weighted by Crippen LogP contribution is -2.43. The maximum absolute atomic E-state index is 3.76. The largest absolute Gasteiger partial charge is 0.313 e. The van der Waals surface area contributed by atoms with Gasteiger partial charge in [-0.3, -0.25) is 0 Å². The van der Waals surface area contributed by atoms with Gasteiger partial charge in [0.15, 0.2) is 0 Å². The molecule has 1 aromatic rings. The molecule has 0 heterocycles. The van der Waals surface area contributed by atoms with E-state index in [1.165, 1.54) is 43.4 Å². The summed E-state index contributed by atoms with van der Waals surface area (Å²) < 4.78 is 0.606. The molecular formula is C16H23NS. The van der Waals surface area contributed by atoms with Crippen molar-refractivity contribution in [2.24, 2.45) is 0 Å². The van der Waals surface area contributed by atoms with Crippen molar-refractivity contribution in [2.75, 3.05) is 12.8 Å². The molecule has 0 spiro atoms. The van der Waals surface area contributed by atoms with Gasteiger partial charge < -0.3 is 5.32 Å². The van der Waals surface area contributed by atoms with Crippen molar-refractivity contribution in [3.8, 4) is 0 Å². The van der Waals surface area contributed by atoms with Crippen LogP contribution >= 0.6 is 11.8 Å². The van der Waals surface area contributed by atoms with Crippen LogP contribution in [0.2, 0.25) is 0 Å². The highest BCUT2D eigenvalue weighted by molar-refractivity contribution is 8.00. The van der Waals surface area contributed by atoms with Gasteiger partial charge in [-0.05, 0) is 50.3 Å². The third-order valence-corrected chi connectivity index (χ3v) is 6.06. The Kier molecular flexibility index (Phi) is 3.42. The molecule has 0 aliphatic heterocycles. The van der Waals surface area contributed by atoms with Crippen molar-refractivity contribution >= 4 is 11.8 Å². The summed E-state index contributed by atoms with van der Waals surface area (Å²) in [4.78, 5) is 0. The first-order chi connectivity index (χ1) is 8.71. The highest BCUT2D eigenvalue weighted by Gasteiger charge is 2.42. The summed E-state index contributed by atoms with van der Waals surface area (Å²) in [6.45, 7) is 3.38. The molecule has 98 valence electrons. The lowest BCUT2D eigenvalue weighted by atomic mass is 9.75. The molecule has 1 aromatic carbocycles. The van der Waals surface area contributed by atoms with Crippen LogP contribution in [-0.2, 0) is 0 Å². The molecule has 0 amide bonds. The van der Waals surface area contributed by atoms with Gasteiger partial charge in [-0.2, -0.15) is 11.8 Å². The van der Waals surface area contributed by atoms with E-state index < -0.39 is 0 Å². The summed E-state index contributed by atoms with van der Waals surface area (Å²) in [5, 5.41) is 3.76. The van der Waals surface area contributed by atoms with E-state index in [2.05, 4.69) is 54.5 Å². The molecule has 0 unspecified atom stereocenters. The van der Waals surface area contributed by atoms with Crippen LogP contribution in [0, 0.1) is 6.92 Å². The molecule has 2 aliphatic carbocycles. The Balaban J connectivity index is 1.44. The first-order valence-corrected chi connectivity index (χ1v) is 8.28. The molecule has 0 aromatic heterocycles. The van der Waals surface area contributed by atoms with E-state index in [9.17, 15) is 0 Å². The van der Waals surface area contributed by atoms with Crippen LogP contribution < -0.4 is 5.32 Å². The molecule has 0 atom stereocenters. The quantitative estimate of drug-likeness (QED) is 0.867. The van der Waals surface area contributed by atoms with Crippen LogP contribution in [0.15, 0.2) is 24.3 Å². The first kappa shape index (κ1) is 12.6. The van der Waals surface area contributed by atoms with Crippen LogP contribution in [0.1, 0.15) is 42.7 Å². The van der Waals surface area contributed by atoms with Crippen molar-refractivity contribution in [3.63, 3.8) is 0 Å². The van der Waals surface area contributed by atoms with Crippen LogP contribution in [0.4, 0.5) is 0 Å². The van der Waals surface area contributed by atoms with Crippen LogP contribution in [0.25, 0.3) is 0 Å². The monoisotopic (exact) mass is 261 g/mol. The molecule has 2 aliphatic rings. The maximum atomic E-state index is 3.76. The average molecular weight is 261 g/mol. The van der Waals surface area contributed by atoms with Gasteiger partial charge in [0.05, 0.1) is 0 Å². The second kappa shape index (κ2) is 4.90. The number of benzene rings is 1. The molecule has 18 heavy (non-hydrogen) atoms. The zero-order valence-electron chi connectivity index (χ0n) is 11.4. The molecule has 0 bridgehead atoms. The highest BCUT2D eigenvalue weighted by atomic mass is 32.2. The van der Waals surface area contributed by atoms with E-state index in [1.54, 1.807) is 0 Å². The van der Waals surface area contributed by atoms with Gasteiger partial charge in [0.2, 0.25) is 0 Å². The Morgan fingerprint density at radius 3 is 2.44 bits per heavy atom. The molecule has 2 fully saturated rings. The first-order valence-electron chi connectivity index (χ1n) is 7.06. The van der Waals surface area contributed by atoms with E-state index in [1.807, 2.05) is 0 Å². The smallest absolute Gasteiger partial charge is 0.0282 e. The molecule has 1 nitrogen and oxygen atoms in total. The SMILES string of the molecule is CSC1(CNC2CC(c3ccc(C)cc3)C2)CC1. The number of thioether (sulfide) groups is 1. The van der Waals surface area contributed by atoms with Gasteiger partial charge in [0.25, 0.3) is 0 Å². The fourth-order valence-corrected chi connectivity index (χ4v) is 3.56. The fraction of sp³-hybridized carbons (Fsp3) is 0.625. The predicted molar refractivity (Wildman–Crippen MR) is 80.4 cm³/mol. The van der Waals surface area contributed by atoms with E-state index in [0.29, 0.717) is 4.75 Å². The lowest BCUT2D eigenvalue weighted by molar-refractivity contribution is 0.291. The van der Waals surface area contributed by atoms with Gasteiger partial charge in [-0.1, -0.05) is 29.8 Å². The fourth-order valence-electron chi connectivity index (χ4n) is 2.82. The summed E-state index contributed by atoms with van der Waals surface area (Å²) in [7, 11) is 0. The molecule has 1 N–H and O–H groups in total. The van der Waals surface area contributed by atoms with Crippen LogP contribution in [-0.4, -0.2) is 23.6 Å². The minimum absolute atomic E-state index is 0.606. The normalized spacial score (nSPS) is 28.8. The summed E-state index contributed by atoms with van der Waals surface area (Å²) in [6.07, 6.45) is 7.73. The Morgan fingerprint density at radius 1 is 1.22 bits per heavy atom. The zero-order chi connectivity index (χ0) is 12.6. The van der Waals surface area contributed by atoms with Crippen LogP contribution in [0.5, 0.6) is 0 Å². The van der Waals surface area contributed by atoms with E-state index in [4.69, 9.17) is 0 Å². The molecule has 0 radical (unpaired) electrons. The Bertz CT molecular complexity index is 402. The van der Waals surface area contributed by atoms with Gasteiger partial charge in [-0.25, -0.2) is 0 Å². The average Bonchev–Trinajstić information content (AvgIpc) is 3.10. The van der Waals surface area contributed by atoms with Gasteiger partial charge in [-0.15, -0.1) is 0 Å². The second-order valence-corrected chi connectivity index (χ2v) is 7.32. The standard InChI is InChI=1S/C16H23NS/c1-12-3-5-13(6-4-12)14-9-15(10-14)17-11-16(18-2)7-8-16/h3-6,14-15,17H,7-11H2,1-2H3. The Morgan fingerprint density at radius 2 is 1.89 bits per heavy atom. The third-order valence-electron chi connectivity index (χ3n) is 4.64. The lowest BCUT2D eigenvalue weighted by Gasteiger charge is -2.37. The molecule has 2 saturated carbocycles. The van der Waals surface area contributed by atoms with Crippen molar-refractivity contribution in [2.45, 2.75) is 49.3 Å². The van der Waals surface area contributed by atoms with Gasteiger partial charge in [0.1, 0.15) is 0 Å². The number of aryl methyl sites for hydroxylation is 1. The Labute approximate surface area is 115 Å². The van der Waals surface area contributed by atoms with Crippen molar-refractivity contribution in [1.29, 1.82) is 0 Å². The van der Waals surface area contributed by atoms with E-state index in [0.717, 1.165) is 12.0 Å². The third kappa shape index (κ3) is 2.60. The Hall–Kier alpha value is -0.470. The maximum Gasteiger partial charge on any atom is 0.0282 e. The molecule has 2 heteroatoms. The molecular weight excluding hydrogens is 238 g/mol. The van der Waals surface area contributed by atoms with Crippen LogP contribution in [0.3, 0.4) is 0 Å². The minimum atomic E-state index is 0.606. The molecule has 0 saturated heterocycles. The van der Waals surface area contributed by atoms with E-state index >= 15 is 0 Å². The zero-order valence-corrected chi connectivity index (χ0v) is 12.2. The van der Waals surface area contributed by atoms with E-state index in [-0.39, 0.29) is 0 Å². The van der Waals surface area contributed by atoms with Crippen molar-refractivity contribution < 1.29 is 0 Å². The predicted octanol–water partition coefficient (Wildman–Crippen LogP) is 3.73. The van der Waals surface area contributed by atoms with Crippen molar-refractivity contribution in [1.82, 2.24) is 5.32 Å². The van der Waals surface area contributed by atoms with Crippen molar-refractivity contribution in [3.05, 3.63) is 35.4 Å². The minimum Gasteiger partial charge on any atom is -0.313 e. The highest BCUT2D eigenvalue weighted by Crippen LogP contribution is 2.47. The summed E-state index contributed by atoms with van der Waals surface area (Å²) in [5.74, 6) is 0.799. The number of rotatable bonds is 5. The summed E-state index contributed by atoms with van der Waals surface area (Å²) in [6, 6.07) is 9.86. The number of hydrogen-bond acceptors (Lipinski definition) is 2. The molecule has 3 rings (SSSR count). The summed E-state index contributed by atoms with van der Waals surface area (Å²) >= 11 is 2.05. The summed E-state index contributed by atoms with van der Waals surface area (Å²) in [5.41, 5.74) is 2.90. The van der Waals surface area contributed by atoms with Gasteiger partial charge in [0, 0.05) is 17.3 Å². The topological polar surface area (TPSA) is 12.0 Å². The number of nitrogens with one attached hydrogen (secondary N) is 1.